The van der Waals surface area contributed by atoms with E-state index < -0.39 is 6.10 Å². The first-order valence-electron chi connectivity index (χ1n) is 5.50. The smallest absolute Gasteiger partial charge is 0.0772 e. The van der Waals surface area contributed by atoms with Gasteiger partial charge in [0.05, 0.1) is 17.5 Å². The highest BCUT2D eigenvalue weighted by atomic mass is 79.9. The summed E-state index contributed by atoms with van der Waals surface area (Å²) in [5.41, 5.74) is 3.97. The standard InChI is InChI=1S/C13H15BrN2O/c1-8-6-9(2)16(15-8)11-4-5-12(10(3)17)13(14)7-11/h4-7,10,17H,1-3H3. The van der Waals surface area contributed by atoms with Crippen molar-refractivity contribution in [3.8, 4) is 5.69 Å². The molecule has 1 unspecified atom stereocenters. The molecular formula is C13H15BrN2O. The molecule has 0 aliphatic carbocycles. The van der Waals surface area contributed by atoms with Crippen molar-refractivity contribution in [2.24, 2.45) is 0 Å². The molecule has 0 aliphatic heterocycles. The fraction of sp³-hybridized carbons (Fsp3) is 0.308. The molecule has 1 aromatic carbocycles. The van der Waals surface area contributed by atoms with Gasteiger partial charge in [0.25, 0.3) is 0 Å². The molecule has 2 rings (SSSR count). The second-order valence-corrected chi connectivity index (χ2v) is 5.08. The minimum absolute atomic E-state index is 0.473. The van der Waals surface area contributed by atoms with Gasteiger partial charge in [-0.3, -0.25) is 0 Å². The molecule has 1 N–H and O–H groups in total. The van der Waals surface area contributed by atoms with Crippen molar-refractivity contribution in [1.82, 2.24) is 9.78 Å². The molecule has 3 nitrogen and oxygen atoms in total. The third-order valence-corrected chi connectivity index (χ3v) is 3.38. The fourth-order valence-electron chi connectivity index (χ4n) is 1.88. The Kier molecular flexibility index (Phi) is 3.35. The Bertz CT molecular complexity index is 546. The summed E-state index contributed by atoms with van der Waals surface area (Å²) in [6, 6.07) is 7.89. The van der Waals surface area contributed by atoms with Crippen LogP contribution in [-0.4, -0.2) is 14.9 Å². The predicted octanol–water partition coefficient (Wildman–Crippen LogP) is 3.30. The molecule has 0 bridgehead atoms. The van der Waals surface area contributed by atoms with E-state index in [2.05, 4.69) is 21.0 Å². The van der Waals surface area contributed by atoms with Gasteiger partial charge >= 0.3 is 0 Å². The average molecular weight is 295 g/mol. The molecule has 0 radical (unpaired) electrons. The zero-order chi connectivity index (χ0) is 12.6. The first kappa shape index (κ1) is 12.3. The van der Waals surface area contributed by atoms with Gasteiger partial charge in [0.2, 0.25) is 0 Å². The molecule has 1 heterocycles. The highest BCUT2D eigenvalue weighted by molar-refractivity contribution is 9.10. The van der Waals surface area contributed by atoms with Crippen LogP contribution in [0.4, 0.5) is 0 Å². The van der Waals surface area contributed by atoms with E-state index in [-0.39, 0.29) is 0 Å². The van der Waals surface area contributed by atoms with Crippen molar-refractivity contribution in [2.75, 3.05) is 0 Å². The van der Waals surface area contributed by atoms with E-state index in [1.54, 1.807) is 6.92 Å². The Morgan fingerprint density at radius 1 is 1.29 bits per heavy atom. The molecule has 0 aliphatic rings. The molecule has 1 aromatic heterocycles. The zero-order valence-corrected chi connectivity index (χ0v) is 11.7. The Morgan fingerprint density at radius 2 is 2.00 bits per heavy atom. The first-order valence-corrected chi connectivity index (χ1v) is 6.29. The van der Waals surface area contributed by atoms with Crippen LogP contribution in [0.25, 0.3) is 5.69 Å². The monoisotopic (exact) mass is 294 g/mol. The second kappa shape index (κ2) is 4.63. The minimum atomic E-state index is -0.473. The highest BCUT2D eigenvalue weighted by Crippen LogP contribution is 2.26. The van der Waals surface area contributed by atoms with Gasteiger partial charge in [-0.15, -0.1) is 0 Å². The number of nitrogens with zero attached hydrogens (tertiary/aromatic N) is 2. The minimum Gasteiger partial charge on any atom is -0.389 e. The summed E-state index contributed by atoms with van der Waals surface area (Å²) in [5, 5.41) is 14.0. The third-order valence-electron chi connectivity index (χ3n) is 2.69. The molecule has 90 valence electrons. The number of benzene rings is 1. The molecule has 0 spiro atoms. The molecule has 17 heavy (non-hydrogen) atoms. The molecule has 1 atom stereocenters. The number of rotatable bonds is 2. The lowest BCUT2D eigenvalue weighted by Gasteiger charge is -2.10. The molecule has 2 aromatic rings. The van der Waals surface area contributed by atoms with Crippen LogP contribution in [0.1, 0.15) is 30.0 Å². The number of aliphatic hydroxyl groups excluding tert-OH is 1. The maximum absolute atomic E-state index is 9.57. The van der Waals surface area contributed by atoms with Crippen LogP contribution in [0, 0.1) is 13.8 Å². The lowest BCUT2D eigenvalue weighted by molar-refractivity contribution is 0.198. The molecule has 0 amide bonds. The molecule has 0 fully saturated rings. The Morgan fingerprint density at radius 3 is 2.47 bits per heavy atom. The highest BCUT2D eigenvalue weighted by Gasteiger charge is 2.09. The summed E-state index contributed by atoms with van der Waals surface area (Å²) in [6.45, 7) is 5.75. The van der Waals surface area contributed by atoms with Crippen LogP contribution in [0.5, 0.6) is 0 Å². The van der Waals surface area contributed by atoms with Crippen molar-refractivity contribution in [2.45, 2.75) is 26.9 Å². The molecule has 0 saturated carbocycles. The van der Waals surface area contributed by atoms with E-state index in [1.165, 1.54) is 0 Å². The molecule has 4 heteroatoms. The number of aliphatic hydroxyl groups is 1. The summed E-state index contributed by atoms with van der Waals surface area (Å²) in [6.07, 6.45) is -0.473. The predicted molar refractivity (Wildman–Crippen MR) is 71.4 cm³/mol. The largest absolute Gasteiger partial charge is 0.389 e. The lowest BCUT2D eigenvalue weighted by Crippen LogP contribution is -2.01. The Balaban J connectivity index is 2.48. The van der Waals surface area contributed by atoms with Gasteiger partial charge in [-0.1, -0.05) is 22.0 Å². The van der Waals surface area contributed by atoms with Crippen LogP contribution in [-0.2, 0) is 0 Å². The number of aryl methyl sites for hydroxylation is 2. The van der Waals surface area contributed by atoms with E-state index in [0.717, 1.165) is 27.1 Å². The van der Waals surface area contributed by atoms with Gasteiger partial charge in [-0.25, -0.2) is 4.68 Å². The van der Waals surface area contributed by atoms with E-state index in [9.17, 15) is 5.11 Å². The van der Waals surface area contributed by atoms with E-state index >= 15 is 0 Å². The summed E-state index contributed by atoms with van der Waals surface area (Å²) >= 11 is 3.48. The Hall–Kier alpha value is -1.13. The summed E-state index contributed by atoms with van der Waals surface area (Å²) in [5.74, 6) is 0. The van der Waals surface area contributed by atoms with Crippen molar-refractivity contribution >= 4 is 15.9 Å². The second-order valence-electron chi connectivity index (χ2n) is 4.22. The van der Waals surface area contributed by atoms with Gasteiger partial charge in [0.15, 0.2) is 0 Å². The number of halogens is 1. The fourth-order valence-corrected chi connectivity index (χ4v) is 2.57. The van der Waals surface area contributed by atoms with Crippen LogP contribution in [0.15, 0.2) is 28.7 Å². The van der Waals surface area contributed by atoms with Gasteiger partial charge in [-0.2, -0.15) is 5.10 Å². The van der Waals surface area contributed by atoms with Gasteiger partial charge in [-0.05, 0) is 44.5 Å². The van der Waals surface area contributed by atoms with Crippen LogP contribution < -0.4 is 0 Å². The maximum atomic E-state index is 9.57. The number of hydrogen-bond donors (Lipinski definition) is 1. The average Bonchev–Trinajstić information content (AvgIpc) is 2.57. The SMILES string of the molecule is Cc1cc(C)n(-c2ccc(C(C)O)c(Br)c2)n1. The number of hydrogen-bond acceptors (Lipinski definition) is 2. The Labute approximate surface area is 109 Å². The summed E-state index contributed by atoms with van der Waals surface area (Å²) < 4.78 is 2.80. The van der Waals surface area contributed by atoms with E-state index in [1.807, 2.05) is 42.8 Å². The van der Waals surface area contributed by atoms with Crippen molar-refractivity contribution in [1.29, 1.82) is 0 Å². The molecule has 0 saturated heterocycles. The topological polar surface area (TPSA) is 38.0 Å². The van der Waals surface area contributed by atoms with Crippen LogP contribution in [0.2, 0.25) is 0 Å². The quantitative estimate of drug-likeness (QED) is 0.923. The van der Waals surface area contributed by atoms with Crippen molar-refractivity contribution in [3.05, 3.63) is 45.7 Å². The zero-order valence-electron chi connectivity index (χ0n) is 10.1. The number of aromatic nitrogens is 2. The van der Waals surface area contributed by atoms with Gasteiger partial charge in [0.1, 0.15) is 0 Å². The van der Waals surface area contributed by atoms with Crippen LogP contribution >= 0.6 is 15.9 Å². The molecular weight excluding hydrogens is 280 g/mol. The van der Waals surface area contributed by atoms with Crippen molar-refractivity contribution in [3.63, 3.8) is 0 Å². The van der Waals surface area contributed by atoms with Crippen molar-refractivity contribution < 1.29 is 5.11 Å². The van der Waals surface area contributed by atoms with E-state index in [4.69, 9.17) is 0 Å². The third kappa shape index (κ3) is 2.42. The summed E-state index contributed by atoms with van der Waals surface area (Å²) in [7, 11) is 0. The maximum Gasteiger partial charge on any atom is 0.0772 e. The van der Waals surface area contributed by atoms with Gasteiger partial charge < -0.3 is 5.11 Å². The van der Waals surface area contributed by atoms with E-state index in [0.29, 0.717) is 0 Å². The van der Waals surface area contributed by atoms with Gasteiger partial charge in [0, 0.05) is 10.2 Å². The van der Waals surface area contributed by atoms with Crippen LogP contribution in [0.3, 0.4) is 0 Å². The summed E-state index contributed by atoms with van der Waals surface area (Å²) in [4.78, 5) is 0. The first-order chi connectivity index (χ1) is 7.99. The lowest BCUT2D eigenvalue weighted by atomic mass is 10.1. The normalized spacial score (nSPS) is 12.8.